The van der Waals surface area contributed by atoms with Gasteiger partial charge in [-0.3, -0.25) is 4.98 Å². The second kappa shape index (κ2) is 5.93. The summed E-state index contributed by atoms with van der Waals surface area (Å²) >= 11 is 0. The van der Waals surface area contributed by atoms with Gasteiger partial charge in [0, 0.05) is 37.9 Å². The Morgan fingerprint density at radius 1 is 1.29 bits per heavy atom. The summed E-state index contributed by atoms with van der Waals surface area (Å²) in [4.78, 5) is 9.15. The lowest BCUT2D eigenvalue weighted by atomic mass is 9.75. The summed E-state index contributed by atoms with van der Waals surface area (Å²) in [6.45, 7) is 2.05. The van der Waals surface area contributed by atoms with Gasteiger partial charge in [0.25, 0.3) is 0 Å². The van der Waals surface area contributed by atoms with Crippen molar-refractivity contribution in [2.75, 3.05) is 32.6 Å². The molecule has 4 nitrogen and oxygen atoms in total. The van der Waals surface area contributed by atoms with Gasteiger partial charge in [-0.05, 0) is 57.8 Å². The van der Waals surface area contributed by atoms with Crippen molar-refractivity contribution in [2.24, 2.45) is 0 Å². The van der Waals surface area contributed by atoms with E-state index in [0.717, 1.165) is 19.1 Å². The van der Waals surface area contributed by atoms with Crippen LogP contribution in [-0.2, 0) is 6.54 Å². The monoisotopic (exact) mass is 288 g/mol. The van der Waals surface area contributed by atoms with E-state index in [1.54, 1.807) is 0 Å². The molecule has 0 aliphatic heterocycles. The Kier molecular flexibility index (Phi) is 4.18. The summed E-state index contributed by atoms with van der Waals surface area (Å²) < 4.78 is 0. The maximum atomic E-state index is 4.34. The van der Waals surface area contributed by atoms with Crippen LogP contribution in [0.2, 0.25) is 0 Å². The number of nitrogens with one attached hydrogen (secondary N) is 1. The number of hydrogen-bond donors (Lipinski definition) is 1. The first-order valence-electron chi connectivity index (χ1n) is 8.16. The highest BCUT2D eigenvalue weighted by atomic mass is 15.2. The van der Waals surface area contributed by atoms with Crippen molar-refractivity contribution in [2.45, 2.75) is 50.2 Å². The molecule has 1 N–H and O–H groups in total. The molecular formula is C17H28N4. The van der Waals surface area contributed by atoms with Gasteiger partial charge in [0.05, 0.1) is 11.9 Å². The summed E-state index contributed by atoms with van der Waals surface area (Å²) in [7, 11) is 6.64. The molecule has 21 heavy (non-hydrogen) atoms. The van der Waals surface area contributed by atoms with Crippen molar-refractivity contribution in [3.05, 3.63) is 24.0 Å². The van der Waals surface area contributed by atoms with Gasteiger partial charge >= 0.3 is 0 Å². The minimum Gasteiger partial charge on any atom is -0.371 e. The second-order valence-electron chi connectivity index (χ2n) is 6.99. The predicted octanol–water partition coefficient (Wildman–Crippen LogP) is 2.25. The molecule has 0 amide bonds. The van der Waals surface area contributed by atoms with Crippen molar-refractivity contribution < 1.29 is 0 Å². The van der Waals surface area contributed by atoms with Crippen LogP contribution in [0.1, 0.15) is 37.7 Å². The third-order valence-corrected chi connectivity index (χ3v) is 5.22. The molecule has 4 heteroatoms. The maximum absolute atomic E-state index is 4.34. The van der Waals surface area contributed by atoms with E-state index in [1.807, 2.05) is 12.4 Å². The van der Waals surface area contributed by atoms with E-state index in [-0.39, 0.29) is 0 Å². The fraction of sp³-hybridized carbons (Fsp3) is 0.706. The van der Waals surface area contributed by atoms with Crippen molar-refractivity contribution in [1.29, 1.82) is 0 Å². The van der Waals surface area contributed by atoms with E-state index in [1.165, 1.54) is 43.4 Å². The van der Waals surface area contributed by atoms with Crippen LogP contribution >= 0.6 is 0 Å². The Labute approximate surface area is 128 Å². The molecule has 2 aliphatic rings. The number of pyridine rings is 1. The molecule has 0 unspecified atom stereocenters. The van der Waals surface area contributed by atoms with Crippen LogP contribution in [0.15, 0.2) is 18.5 Å². The van der Waals surface area contributed by atoms with Crippen LogP contribution in [0, 0.1) is 0 Å². The van der Waals surface area contributed by atoms with Gasteiger partial charge in [-0.15, -0.1) is 0 Å². The van der Waals surface area contributed by atoms with Crippen LogP contribution in [0.3, 0.4) is 0 Å². The minimum absolute atomic E-state index is 0.353. The smallest absolute Gasteiger partial charge is 0.0596 e. The molecule has 0 atom stereocenters. The Balaban J connectivity index is 1.69. The molecule has 116 valence electrons. The Bertz CT molecular complexity index is 477. The fourth-order valence-corrected chi connectivity index (χ4v) is 3.31. The molecule has 1 heterocycles. The molecule has 0 saturated heterocycles. The van der Waals surface area contributed by atoms with Gasteiger partial charge < -0.3 is 15.1 Å². The van der Waals surface area contributed by atoms with E-state index in [0.29, 0.717) is 5.54 Å². The zero-order chi connectivity index (χ0) is 14.9. The van der Waals surface area contributed by atoms with E-state index in [4.69, 9.17) is 0 Å². The Hall–Kier alpha value is -1.13. The second-order valence-corrected chi connectivity index (χ2v) is 6.99. The molecule has 0 bridgehead atoms. The van der Waals surface area contributed by atoms with E-state index in [2.05, 4.69) is 47.3 Å². The summed E-state index contributed by atoms with van der Waals surface area (Å²) in [5, 5.41) is 3.62. The number of hydrogen-bond acceptors (Lipinski definition) is 4. The SMILES string of the molecule is CN(CC1(N(C)C)CCC1)c1cnccc1CNC1CC1. The average Bonchev–Trinajstić information content (AvgIpc) is 3.24. The van der Waals surface area contributed by atoms with Crippen molar-refractivity contribution in [1.82, 2.24) is 15.2 Å². The van der Waals surface area contributed by atoms with E-state index < -0.39 is 0 Å². The zero-order valence-electron chi connectivity index (χ0n) is 13.6. The Morgan fingerprint density at radius 3 is 2.62 bits per heavy atom. The lowest BCUT2D eigenvalue weighted by molar-refractivity contribution is 0.0683. The number of aromatic nitrogens is 1. The molecule has 0 spiro atoms. The van der Waals surface area contributed by atoms with Crippen LogP contribution in [-0.4, -0.2) is 49.2 Å². The molecule has 2 aliphatic carbocycles. The summed E-state index contributed by atoms with van der Waals surface area (Å²) in [5.41, 5.74) is 3.00. The summed E-state index contributed by atoms with van der Waals surface area (Å²) in [6.07, 6.45) is 10.6. The average molecular weight is 288 g/mol. The molecular weight excluding hydrogens is 260 g/mol. The van der Waals surface area contributed by atoms with Gasteiger partial charge in [-0.1, -0.05) is 0 Å². The summed E-state index contributed by atoms with van der Waals surface area (Å²) in [6, 6.07) is 2.90. The Morgan fingerprint density at radius 2 is 2.05 bits per heavy atom. The van der Waals surface area contributed by atoms with Crippen LogP contribution < -0.4 is 10.2 Å². The fourth-order valence-electron chi connectivity index (χ4n) is 3.31. The highest BCUT2D eigenvalue weighted by molar-refractivity contribution is 5.51. The lowest BCUT2D eigenvalue weighted by Gasteiger charge is -2.49. The number of likely N-dealkylation sites (N-methyl/N-ethyl adjacent to an activating group) is 2. The van der Waals surface area contributed by atoms with Crippen molar-refractivity contribution in [3.63, 3.8) is 0 Å². The summed E-state index contributed by atoms with van der Waals surface area (Å²) in [5.74, 6) is 0. The van der Waals surface area contributed by atoms with Crippen LogP contribution in [0.25, 0.3) is 0 Å². The lowest BCUT2D eigenvalue weighted by Crippen LogP contribution is -2.56. The first-order valence-corrected chi connectivity index (χ1v) is 8.16. The molecule has 0 aromatic carbocycles. The first-order chi connectivity index (χ1) is 10.1. The third kappa shape index (κ3) is 3.22. The van der Waals surface area contributed by atoms with Crippen molar-refractivity contribution in [3.8, 4) is 0 Å². The molecule has 1 aromatic heterocycles. The van der Waals surface area contributed by atoms with Gasteiger partial charge in [-0.2, -0.15) is 0 Å². The quantitative estimate of drug-likeness (QED) is 0.834. The van der Waals surface area contributed by atoms with Gasteiger partial charge in [0.2, 0.25) is 0 Å². The van der Waals surface area contributed by atoms with Crippen LogP contribution in [0.4, 0.5) is 5.69 Å². The number of anilines is 1. The van der Waals surface area contributed by atoms with Crippen molar-refractivity contribution >= 4 is 5.69 Å². The zero-order valence-corrected chi connectivity index (χ0v) is 13.6. The minimum atomic E-state index is 0.353. The largest absolute Gasteiger partial charge is 0.371 e. The van der Waals surface area contributed by atoms with Gasteiger partial charge in [-0.25, -0.2) is 0 Å². The molecule has 2 saturated carbocycles. The van der Waals surface area contributed by atoms with Crippen LogP contribution in [0.5, 0.6) is 0 Å². The van der Waals surface area contributed by atoms with Gasteiger partial charge in [0.1, 0.15) is 0 Å². The molecule has 1 aromatic rings. The highest BCUT2D eigenvalue weighted by Crippen LogP contribution is 2.37. The first kappa shape index (κ1) is 14.8. The topological polar surface area (TPSA) is 31.4 Å². The standard InChI is InChI=1S/C17H28N4/c1-20(2)17(8-4-9-17)13-21(3)16-12-18-10-7-14(16)11-19-15-5-6-15/h7,10,12,15,19H,4-6,8-9,11,13H2,1-3H3. The number of nitrogens with zero attached hydrogens (tertiary/aromatic N) is 3. The highest BCUT2D eigenvalue weighted by Gasteiger charge is 2.40. The maximum Gasteiger partial charge on any atom is 0.0596 e. The van der Waals surface area contributed by atoms with E-state index >= 15 is 0 Å². The third-order valence-electron chi connectivity index (χ3n) is 5.22. The predicted molar refractivity (Wildman–Crippen MR) is 87.6 cm³/mol. The molecule has 3 rings (SSSR count). The van der Waals surface area contributed by atoms with Gasteiger partial charge in [0.15, 0.2) is 0 Å². The number of rotatable bonds is 7. The normalized spacial score (nSPS) is 20.4. The molecule has 2 fully saturated rings. The molecule has 0 radical (unpaired) electrons. The van der Waals surface area contributed by atoms with E-state index in [9.17, 15) is 0 Å².